The van der Waals surface area contributed by atoms with E-state index in [0.29, 0.717) is 10.9 Å². The Morgan fingerprint density at radius 1 is 1.12 bits per heavy atom. The third kappa shape index (κ3) is 2.59. The Bertz CT molecular complexity index is 891. The molecule has 2 heterocycles. The molecule has 1 fully saturated rings. The Labute approximate surface area is 142 Å². The maximum atomic E-state index is 11.7. The number of hydrogen-bond donors (Lipinski definition) is 0. The van der Waals surface area contributed by atoms with Crippen molar-refractivity contribution in [2.24, 2.45) is 0 Å². The van der Waals surface area contributed by atoms with Gasteiger partial charge in [-0.05, 0) is 44.7 Å². The fourth-order valence-electron chi connectivity index (χ4n) is 3.46. The average Bonchev–Trinajstić information content (AvgIpc) is 3.00. The summed E-state index contributed by atoms with van der Waals surface area (Å²) >= 11 is 0. The van der Waals surface area contributed by atoms with Crippen LogP contribution in [0.1, 0.15) is 31.0 Å². The summed E-state index contributed by atoms with van der Waals surface area (Å²) < 4.78 is 23.3. The summed E-state index contributed by atoms with van der Waals surface area (Å²) in [7, 11) is -3.18. The van der Waals surface area contributed by atoms with E-state index in [-0.39, 0.29) is 0 Å². The first kappa shape index (κ1) is 15.6. The maximum Gasteiger partial charge on any atom is 0.226 e. The molecule has 4 rings (SSSR count). The summed E-state index contributed by atoms with van der Waals surface area (Å²) in [5.41, 5.74) is 4.31. The molecule has 0 radical (unpaired) electrons. The van der Waals surface area contributed by atoms with Crippen LogP contribution in [0.15, 0.2) is 29.2 Å². The van der Waals surface area contributed by atoms with Crippen LogP contribution in [0.25, 0.3) is 11.3 Å². The van der Waals surface area contributed by atoms with Crippen molar-refractivity contribution < 1.29 is 8.42 Å². The molecule has 1 aliphatic heterocycles. The predicted octanol–water partition coefficient (Wildman–Crippen LogP) is 2.63. The molecule has 0 amide bonds. The minimum Gasteiger partial charge on any atom is -0.338 e. The third-order valence-electron chi connectivity index (χ3n) is 5.05. The Morgan fingerprint density at radius 3 is 2.46 bits per heavy atom. The van der Waals surface area contributed by atoms with E-state index >= 15 is 0 Å². The van der Waals surface area contributed by atoms with Crippen molar-refractivity contribution in [3.8, 4) is 11.3 Å². The van der Waals surface area contributed by atoms with E-state index in [4.69, 9.17) is 9.97 Å². The van der Waals surface area contributed by atoms with Crippen LogP contribution in [-0.2, 0) is 22.7 Å². The third-order valence-corrected chi connectivity index (χ3v) is 6.18. The van der Waals surface area contributed by atoms with Gasteiger partial charge in [-0.25, -0.2) is 18.4 Å². The number of aromatic nitrogens is 2. The van der Waals surface area contributed by atoms with Crippen LogP contribution in [-0.4, -0.2) is 37.2 Å². The zero-order valence-corrected chi connectivity index (χ0v) is 14.8. The van der Waals surface area contributed by atoms with Gasteiger partial charge in [-0.3, -0.25) is 0 Å². The van der Waals surface area contributed by atoms with Gasteiger partial charge < -0.3 is 4.90 Å². The van der Waals surface area contributed by atoms with Gasteiger partial charge in [0.1, 0.15) is 0 Å². The van der Waals surface area contributed by atoms with E-state index < -0.39 is 9.84 Å². The van der Waals surface area contributed by atoms with Crippen molar-refractivity contribution in [3.05, 3.63) is 35.5 Å². The van der Waals surface area contributed by atoms with Crippen LogP contribution in [0, 0.1) is 0 Å². The number of rotatable bonds is 3. The van der Waals surface area contributed by atoms with Gasteiger partial charge in [0.25, 0.3) is 0 Å². The van der Waals surface area contributed by atoms with E-state index in [1.165, 1.54) is 18.2 Å². The topological polar surface area (TPSA) is 63.2 Å². The minimum absolute atomic E-state index is 0.341. The van der Waals surface area contributed by atoms with Gasteiger partial charge in [0, 0.05) is 35.7 Å². The Kier molecular flexibility index (Phi) is 3.60. The van der Waals surface area contributed by atoms with Gasteiger partial charge in [0.2, 0.25) is 5.95 Å². The predicted molar refractivity (Wildman–Crippen MR) is 94.0 cm³/mol. The lowest BCUT2D eigenvalue weighted by molar-refractivity contribution is 0.470. The first-order chi connectivity index (χ1) is 11.4. The van der Waals surface area contributed by atoms with Crippen LogP contribution in [0.3, 0.4) is 0 Å². The van der Waals surface area contributed by atoms with Crippen LogP contribution in [0.4, 0.5) is 5.95 Å². The van der Waals surface area contributed by atoms with Gasteiger partial charge in [0.15, 0.2) is 9.84 Å². The van der Waals surface area contributed by atoms with E-state index in [0.717, 1.165) is 48.7 Å². The first-order valence-corrected chi connectivity index (χ1v) is 10.3. The zero-order valence-electron chi connectivity index (χ0n) is 14.0. The highest BCUT2D eigenvalue weighted by Crippen LogP contribution is 2.34. The molecule has 1 saturated heterocycles. The SMILES string of the molecule is C[C@H]1CCN1c1nc2c(c(-c3ccc(S(C)(=O)=O)cc3)n1)CCC2. The van der Waals surface area contributed by atoms with Gasteiger partial charge in [-0.1, -0.05) is 12.1 Å². The van der Waals surface area contributed by atoms with Crippen molar-refractivity contribution in [2.75, 3.05) is 17.7 Å². The lowest BCUT2D eigenvalue weighted by atomic mass is 10.0. The molecule has 24 heavy (non-hydrogen) atoms. The smallest absolute Gasteiger partial charge is 0.226 e. The number of benzene rings is 1. The normalized spacial score (nSPS) is 19.9. The van der Waals surface area contributed by atoms with Crippen molar-refractivity contribution in [1.82, 2.24) is 9.97 Å². The van der Waals surface area contributed by atoms with Gasteiger partial charge >= 0.3 is 0 Å². The molecule has 1 aromatic carbocycles. The minimum atomic E-state index is -3.18. The molecular formula is C18H21N3O2S. The summed E-state index contributed by atoms with van der Waals surface area (Å²) in [5.74, 6) is 0.816. The molecule has 1 aliphatic carbocycles. The Hall–Kier alpha value is -1.95. The Balaban J connectivity index is 1.79. The molecule has 1 atom stereocenters. The number of fused-ring (bicyclic) bond motifs is 1. The van der Waals surface area contributed by atoms with Crippen molar-refractivity contribution in [2.45, 2.75) is 43.5 Å². The fourth-order valence-corrected chi connectivity index (χ4v) is 4.09. The van der Waals surface area contributed by atoms with Crippen molar-refractivity contribution >= 4 is 15.8 Å². The van der Waals surface area contributed by atoms with E-state index in [2.05, 4.69) is 11.8 Å². The van der Waals surface area contributed by atoms with E-state index in [9.17, 15) is 8.42 Å². The number of nitrogens with zero attached hydrogens (tertiary/aromatic N) is 3. The molecule has 5 nitrogen and oxygen atoms in total. The van der Waals surface area contributed by atoms with Gasteiger partial charge in [-0.15, -0.1) is 0 Å². The second-order valence-corrected chi connectivity index (χ2v) is 8.79. The van der Waals surface area contributed by atoms with Crippen molar-refractivity contribution in [3.63, 3.8) is 0 Å². The van der Waals surface area contributed by atoms with Crippen LogP contribution in [0.5, 0.6) is 0 Å². The number of hydrogen-bond acceptors (Lipinski definition) is 5. The molecule has 2 aliphatic rings. The molecular weight excluding hydrogens is 322 g/mol. The fraction of sp³-hybridized carbons (Fsp3) is 0.444. The Morgan fingerprint density at radius 2 is 1.88 bits per heavy atom. The number of aryl methyl sites for hydroxylation is 1. The summed E-state index contributed by atoms with van der Waals surface area (Å²) in [6, 6.07) is 7.55. The monoisotopic (exact) mass is 343 g/mol. The second kappa shape index (κ2) is 5.55. The second-order valence-electron chi connectivity index (χ2n) is 6.78. The molecule has 0 saturated carbocycles. The quantitative estimate of drug-likeness (QED) is 0.857. The van der Waals surface area contributed by atoms with E-state index in [1.54, 1.807) is 12.1 Å². The van der Waals surface area contributed by atoms with Gasteiger partial charge in [0.05, 0.1) is 10.6 Å². The van der Waals surface area contributed by atoms with Crippen molar-refractivity contribution in [1.29, 1.82) is 0 Å². The molecule has 2 aromatic rings. The summed E-state index contributed by atoms with van der Waals surface area (Å²) in [6.45, 7) is 3.20. The lowest BCUT2D eigenvalue weighted by Crippen LogP contribution is -2.46. The first-order valence-electron chi connectivity index (χ1n) is 8.40. The highest BCUT2D eigenvalue weighted by molar-refractivity contribution is 7.90. The molecule has 1 aromatic heterocycles. The molecule has 0 unspecified atom stereocenters. The van der Waals surface area contributed by atoms with Crippen LogP contribution >= 0.6 is 0 Å². The average molecular weight is 343 g/mol. The lowest BCUT2D eigenvalue weighted by Gasteiger charge is -2.39. The van der Waals surface area contributed by atoms with Crippen LogP contribution in [0.2, 0.25) is 0 Å². The highest BCUT2D eigenvalue weighted by atomic mass is 32.2. The largest absolute Gasteiger partial charge is 0.338 e. The number of sulfone groups is 1. The van der Waals surface area contributed by atoms with Gasteiger partial charge in [-0.2, -0.15) is 0 Å². The standard InChI is InChI=1S/C18H21N3O2S/c1-12-10-11-21(12)18-19-16-5-3-4-15(16)17(20-18)13-6-8-14(9-7-13)24(2,22)23/h6-9,12H,3-5,10-11H2,1-2H3/t12-/m0/s1. The van der Waals surface area contributed by atoms with Crippen LogP contribution < -0.4 is 4.90 Å². The molecule has 0 bridgehead atoms. The maximum absolute atomic E-state index is 11.7. The summed E-state index contributed by atoms with van der Waals surface area (Å²) in [4.78, 5) is 12.2. The zero-order chi connectivity index (χ0) is 16.9. The molecule has 0 spiro atoms. The highest BCUT2D eigenvalue weighted by Gasteiger charge is 2.29. The molecule has 126 valence electrons. The van der Waals surface area contributed by atoms with E-state index in [1.807, 2.05) is 12.1 Å². The summed E-state index contributed by atoms with van der Waals surface area (Å²) in [5, 5.41) is 0. The molecule has 0 N–H and O–H groups in total. The molecule has 6 heteroatoms. The summed E-state index contributed by atoms with van der Waals surface area (Å²) in [6.07, 6.45) is 5.51. The number of anilines is 1.